The molecular weight excluding hydrogens is 590 g/mol. The number of fused-ring (bicyclic) bond motifs is 2. The molecule has 12 heteroatoms. The first kappa shape index (κ1) is 28.8. The minimum atomic E-state index is -5.13. The molecule has 2 aliphatic rings. The molecule has 2 aliphatic heterocycles. The molecule has 44 heavy (non-hydrogen) atoms. The number of anilines is 1. The molecule has 0 spiro atoms. The maximum absolute atomic E-state index is 14.3. The molecule has 0 aromatic heterocycles. The zero-order chi connectivity index (χ0) is 31.9. The maximum atomic E-state index is 14.3. The van der Waals surface area contributed by atoms with Crippen LogP contribution in [-0.2, 0) is 12.4 Å². The smallest absolute Gasteiger partial charge is 0.277 e. The van der Waals surface area contributed by atoms with Gasteiger partial charge in [0.2, 0.25) is 0 Å². The van der Waals surface area contributed by atoms with Gasteiger partial charge in [-0.1, -0.05) is 35.9 Å². The van der Waals surface area contributed by atoms with Crippen LogP contribution in [-0.4, -0.2) is 35.6 Å². The van der Waals surface area contributed by atoms with Crippen LogP contribution in [0.2, 0.25) is 0 Å². The van der Waals surface area contributed by atoms with Crippen LogP contribution in [0.1, 0.15) is 58.1 Å². The molecule has 0 saturated heterocycles. The lowest BCUT2D eigenvalue weighted by Crippen LogP contribution is -2.29. The van der Waals surface area contributed by atoms with E-state index in [4.69, 9.17) is 0 Å². The van der Waals surface area contributed by atoms with E-state index in [9.17, 15) is 45.5 Å². The first-order chi connectivity index (χ1) is 20.6. The van der Waals surface area contributed by atoms with Crippen molar-refractivity contribution in [2.24, 2.45) is 0 Å². The highest BCUT2D eigenvalue weighted by molar-refractivity contribution is 6.34. The molecule has 4 aromatic rings. The molecule has 4 amide bonds. The molecule has 6 nitrogen and oxygen atoms in total. The highest BCUT2D eigenvalue weighted by Gasteiger charge is 2.42. The van der Waals surface area contributed by atoms with E-state index < -0.39 is 63.9 Å². The lowest BCUT2D eigenvalue weighted by molar-refractivity contribution is -0.139. The maximum Gasteiger partial charge on any atom is 0.417 e. The Kier molecular flexibility index (Phi) is 6.31. The number of alkyl halides is 6. The number of amides is 4. The van der Waals surface area contributed by atoms with Crippen molar-refractivity contribution >= 4 is 29.3 Å². The van der Waals surface area contributed by atoms with Crippen molar-refractivity contribution in [2.75, 3.05) is 11.9 Å². The van der Waals surface area contributed by atoms with Crippen LogP contribution in [0.25, 0.3) is 22.3 Å². The number of imide groups is 2. The van der Waals surface area contributed by atoms with Gasteiger partial charge in [-0.25, -0.2) is 4.90 Å². The number of carbonyl (C=O) groups excluding carboxylic acids is 4. The monoisotopic (exact) mass is 608 g/mol. The summed E-state index contributed by atoms with van der Waals surface area (Å²) in [5.41, 5.74) is -3.46. The molecule has 0 saturated carbocycles. The first-order valence-corrected chi connectivity index (χ1v) is 13.0. The largest absolute Gasteiger partial charge is 0.417 e. The second kappa shape index (κ2) is 9.63. The fraction of sp³-hybridized carbons (Fsp3) is 0.125. The average molecular weight is 608 g/mol. The van der Waals surface area contributed by atoms with Crippen molar-refractivity contribution in [3.63, 3.8) is 0 Å². The molecule has 0 N–H and O–H groups in total. The normalized spacial score (nSPS) is 14.9. The van der Waals surface area contributed by atoms with Crippen molar-refractivity contribution in [1.29, 1.82) is 0 Å². The van der Waals surface area contributed by atoms with E-state index in [2.05, 4.69) is 0 Å². The minimum Gasteiger partial charge on any atom is -0.277 e. The summed E-state index contributed by atoms with van der Waals surface area (Å²) >= 11 is 0. The van der Waals surface area contributed by atoms with Crippen molar-refractivity contribution in [3.8, 4) is 22.3 Å². The Morgan fingerprint density at radius 1 is 0.500 bits per heavy atom. The Hall–Kier alpha value is -5.26. The third-order valence-electron chi connectivity index (χ3n) is 7.65. The highest BCUT2D eigenvalue weighted by Crippen LogP contribution is 2.45. The van der Waals surface area contributed by atoms with Crippen LogP contribution in [0.4, 0.5) is 32.0 Å². The predicted octanol–water partition coefficient (Wildman–Crippen LogP) is 7.39. The number of aryl methyl sites for hydroxylation is 1. The number of hydrogen-bond donors (Lipinski definition) is 0. The van der Waals surface area contributed by atoms with Gasteiger partial charge in [0, 0.05) is 7.05 Å². The van der Waals surface area contributed by atoms with Gasteiger partial charge in [-0.3, -0.25) is 24.1 Å². The van der Waals surface area contributed by atoms with Gasteiger partial charge in [-0.05, 0) is 71.6 Å². The second-order valence-corrected chi connectivity index (χ2v) is 10.4. The Balaban J connectivity index is 1.41. The van der Waals surface area contributed by atoms with Gasteiger partial charge in [-0.15, -0.1) is 0 Å². The Bertz CT molecular complexity index is 1960. The van der Waals surface area contributed by atoms with Crippen LogP contribution in [0.5, 0.6) is 0 Å². The third kappa shape index (κ3) is 4.45. The number of rotatable bonds is 3. The van der Waals surface area contributed by atoms with Crippen LogP contribution in [0.15, 0.2) is 72.8 Å². The summed E-state index contributed by atoms with van der Waals surface area (Å²) in [6, 6.07) is 13.9. The predicted molar refractivity (Wildman–Crippen MR) is 146 cm³/mol. The van der Waals surface area contributed by atoms with Gasteiger partial charge in [-0.2, -0.15) is 26.3 Å². The highest BCUT2D eigenvalue weighted by atomic mass is 19.4. The Morgan fingerprint density at radius 3 is 1.50 bits per heavy atom. The van der Waals surface area contributed by atoms with Crippen LogP contribution >= 0.6 is 0 Å². The zero-order valence-corrected chi connectivity index (χ0v) is 22.7. The molecule has 0 radical (unpaired) electrons. The number of halogens is 6. The number of nitrogens with zero attached hydrogens (tertiary/aromatic N) is 2. The molecule has 222 valence electrons. The van der Waals surface area contributed by atoms with Crippen molar-refractivity contribution in [3.05, 3.63) is 112 Å². The van der Waals surface area contributed by atoms with Crippen molar-refractivity contribution in [2.45, 2.75) is 19.3 Å². The summed E-state index contributed by atoms with van der Waals surface area (Å²) in [7, 11) is 1.34. The summed E-state index contributed by atoms with van der Waals surface area (Å²) < 4.78 is 84.1. The fourth-order valence-electron chi connectivity index (χ4n) is 5.46. The van der Waals surface area contributed by atoms with Gasteiger partial charge in [0.1, 0.15) is 0 Å². The molecule has 0 unspecified atom stereocenters. The molecular formula is C32H18F6N2O4. The summed E-state index contributed by atoms with van der Waals surface area (Å²) in [6.45, 7) is 1.38. The summed E-state index contributed by atoms with van der Waals surface area (Å²) in [4.78, 5) is 52.8. The van der Waals surface area contributed by atoms with Gasteiger partial charge < -0.3 is 0 Å². The minimum absolute atomic E-state index is 0.0959. The molecule has 0 fully saturated rings. The fourth-order valence-corrected chi connectivity index (χ4v) is 5.46. The van der Waals surface area contributed by atoms with E-state index in [0.29, 0.717) is 22.1 Å². The number of carbonyl (C=O) groups is 4. The van der Waals surface area contributed by atoms with E-state index >= 15 is 0 Å². The summed E-state index contributed by atoms with van der Waals surface area (Å²) in [5.74, 6) is -2.84. The topological polar surface area (TPSA) is 74.8 Å². The molecule has 0 aliphatic carbocycles. The Morgan fingerprint density at radius 2 is 0.932 bits per heavy atom. The van der Waals surface area contributed by atoms with E-state index in [1.165, 1.54) is 50.4 Å². The summed E-state index contributed by atoms with van der Waals surface area (Å²) in [5, 5.41) is 0. The summed E-state index contributed by atoms with van der Waals surface area (Å²) in [6.07, 6.45) is -10.1. The van der Waals surface area contributed by atoms with E-state index in [0.717, 1.165) is 29.2 Å². The molecule has 0 bridgehead atoms. The quantitative estimate of drug-likeness (QED) is 0.180. The van der Waals surface area contributed by atoms with Crippen LogP contribution in [0, 0.1) is 6.92 Å². The zero-order valence-electron chi connectivity index (χ0n) is 22.7. The Labute approximate surface area is 245 Å². The second-order valence-electron chi connectivity index (χ2n) is 10.4. The van der Waals surface area contributed by atoms with Gasteiger partial charge in [0.05, 0.1) is 39.1 Å². The molecule has 2 heterocycles. The van der Waals surface area contributed by atoms with Crippen molar-refractivity contribution in [1.82, 2.24) is 4.90 Å². The van der Waals surface area contributed by atoms with E-state index in [1.54, 1.807) is 6.07 Å². The number of hydrogen-bond acceptors (Lipinski definition) is 4. The molecule has 0 atom stereocenters. The first-order valence-electron chi connectivity index (χ1n) is 13.0. The van der Waals surface area contributed by atoms with Crippen molar-refractivity contribution < 1.29 is 45.5 Å². The van der Waals surface area contributed by atoms with Gasteiger partial charge in [0.25, 0.3) is 23.6 Å². The molecule has 4 aromatic carbocycles. The SMILES string of the molecule is Cc1ccc(-c2ccc(N3C(=O)c4ccc(-c5ccc6c(c5)C(=O)N(C)C6=O)cc4C3=O)cc2C(F)(F)F)c(C(F)(F)F)c1. The van der Waals surface area contributed by atoms with Gasteiger partial charge in [0.15, 0.2) is 0 Å². The van der Waals surface area contributed by atoms with Crippen LogP contribution in [0.3, 0.4) is 0 Å². The van der Waals surface area contributed by atoms with Crippen LogP contribution < -0.4 is 4.90 Å². The third-order valence-corrected chi connectivity index (χ3v) is 7.65. The lowest BCUT2D eigenvalue weighted by atomic mass is 9.93. The van der Waals surface area contributed by atoms with Gasteiger partial charge >= 0.3 is 12.4 Å². The average Bonchev–Trinajstić information content (AvgIpc) is 3.35. The number of benzene rings is 4. The standard InChI is InChI=1S/C32H18F6N2O4/c1-15-3-7-19(25(11-15)31(33,34)35)20-10-6-18(14-26(20)32(36,37)38)40-29(43)22-9-5-17(13-24(22)30(40)44)16-4-8-21-23(12-16)28(42)39(2)27(21)41/h3-14H,1-2H3. The lowest BCUT2D eigenvalue weighted by Gasteiger charge is -2.21. The van der Waals surface area contributed by atoms with E-state index in [1.807, 2.05) is 0 Å². The van der Waals surface area contributed by atoms with E-state index in [-0.39, 0.29) is 27.8 Å². The molecule has 6 rings (SSSR count).